The number of methoxy groups -OCH3 is 1. The lowest BCUT2D eigenvalue weighted by atomic mass is 9.90. The molecule has 0 radical (unpaired) electrons. The second kappa shape index (κ2) is 7.87. The SMILES string of the molecule is COc1cc(Cl)ccc1C(=O)N1CCC(C(C)N)CC1.Cl. The molecule has 0 spiro atoms. The van der Waals surface area contributed by atoms with Crippen molar-refractivity contribution in [2.75, 3.05) is 20.2 Å². The third-order valence-electron chi connectivity index (χ3n) is 3.96. The van der Waals surface area contributed by atoms with Crippen molar-refractivity contribution in [1.29, 1.82) is 0 Å². The minimum absolute atomic E-state index is 0. The summed E-state index contributed by atoms with van der Waals surface area (Å²) in [5.74, 6) is 1.03. The van der Waals surface area contributed by atoms with Crippen LogP contribution in [0.1, 0.15) is 30.1 Å². The summed E-state index contributed by atoms with van der Waals surface area (Å²) in [7, 11) is 1.55. The van der Waals surface area contributed by atoms with Crippen LogP contribution in [0.2, 0.25) is 5.02 Å². The van der Waals surface area contributed by atoms with Gasteiger partial charge in [-0.05, 0) is 43.9 Å². The zero-order valence-corrected chi connectivity index (χ0v) is 13.9. The molecule has 6 heteroatoms. The molecule has 1 aromatic carbocycles. The highest BCUT2D eigenvalue weighted by atomic mass is 35.5. The summed E-state index contributed by atoms with van der Waals surface area (Å²) in [5, 5.41) is 0.564. The second-order valence-corrected chi connectivity index (χ2v) is 5.77. The smallest absolute Gasteiger partial charge is 0.257 e. The third-order valence-corrected chi connectivity index (χ3v) is 4.20. The Hall–Kier alpha value is -0.970. The number of nitrogens with zero attached hydrogens (tertiary/aromatic N) is 1. The van der Waals surface area contributed by atoms with Gasteiger partial charge in [0.1, 0.15) is 5.75 Å². The first-order valence-corrected chi connectivity index (χ1v) is 7.29. The molecule has 0 bridgehead atoms. The minimum Gasteiger partial charge on any atom is -0.496 e. The molecule has 2 rings (SSSR count). The van der Waals surface area contributed by atoms with Crippen LogP contribution in [0.4, 0.5) is 0 Å². The Bertz CT molecular complexity index is 487. The summed E-state index contributed by atoms with van der Waals surface area (Å²) in [4.78, 5) is 14.4. The van der Waals surface area contributed by atoms with E-state index in [1.165, 1.54) is 0 Å². The number of hydrogen-bond acceptors (Lipinski definition) is 3. The molecule has 1 fully saturated rings. The van der Waals surface area contributed by atoms with Crippen molar-refractivity contribution < 1.29 is 9.53 Å². The number of nitrogens with two attached hydrogens (primary N) is 1. The van der Waals surface area contributed by atoms with Crippen molar-refractivity contribution >= 4 is 29.9 Å². The van der Waals surface area contributed by atoms with Gasteiger partial charge in [0.05, 0.1) is 12.7 Å². The number of benzene rings is 1. The number of carbonyl (C=O) groups is 1. The summed E-state index contributed by atoms with van der Waals surface area (Å²) in [6.07, 6.45) is 1.92. The first-order valence-electron chi connectivity index (χ1n) is 6.91. The number of amides is 1. The van der Waals surface area contributed by atoms with Crippen molar-refractivity contribution in [3.8, 4) is 5.75 Å². The van der Waals surface area contributed by atoms with Gasteiger partial charge in [0.15, 0.2) is 0 Å². The Labute approximate surface area is 137 Å². The molecule has 1 unspecified atom stereocenters. The Kier molecular flexibility index (Phi) is 6.78. The molecule has 1 heterocycles. The molecule has 118 valence electrons. The lowest BCUT2D eigenvalue weighted by Gasteiger charge is -2.34. The first kappa shape index (κ1) is 18.1. The van der Waals surface area contributed by atoms with E-state index in [1.807, 2.05) is 11.8 Å². The van der Waals surface area contributed by atoms with Gasteiger partial charge >= 0.3 is 0 Å². The molecule has 4 nitrogen and oxygen atoms in total. The molecule has 0 saturated carbocycles. The molecule has 1 aliphatic rings. The standard InChI is InChI=1S/C15H21ClN2O2.ClH/c1-10(17)11-5-7-18(8-6-11)15(19)13-4-3-12(16)9-14(13)20-2;/h3-4,9-11H,5-8,17H2,1-2H3;1H. The van der Waals surface area contributed by atoms with E-state index in [2.05, 4.69) is 0 Å². The van der Waals surface area contributed by atoms with E-state index >= 15 is 0 Å². The lowest BCUT2D eigenvalue weighted by molar-refractivity contribution is 0.0677. The molecule has 1 aliphatic heterocycles. The Morgan fingerprint density at radius 1 is 1.43 bits per heavy atom. The maximum Gasteiger partial charge on any atom is 0.257 e. The highest BCUT2D eigenvalue weighted by Crippen LogP contribution is 2.27. The van der Waals surface area contributed by atoms with Crippen LogP contribution >= 0.6 is 24.0 Å². The Morgan fingerprint density at radius 3 is 2.57 bits per heavy atom. The van der Waals surface area contributed by atoms with Gasteiger partial charge in [-0.25, -0.2) is 0 Å². The summed E-state index contributed by atoms with van der Waals surface area (Å²) in [6, 6.07) is 5.30. The van der Waals surface area contributed by atoms with Gasteiger partial charge in [-0.1, -0.05) is 11.6 Å². The zero-order chi connectivity index (χ0) is 14.7. The molecule has 1 atom stereocenters. The van der Waals surface area contributed by atoms with E-state index in [0.717, 1.165) is 25.9 Å². The molecule has 1 aromatic rings. The monoisotopic (exact) mass is 332 g/mol. The average molecular weight is 333 g/mol. The summed E-state index contributed by atoms with van der Waals surface area (Å²) >= 11 is 5.92. The van der Waals surface area contributed by atoms with E-state index in [9.17, 15) is 4.79 Å². The van der Waals surface area contributed by atoms with Gasteiger partial charge in [-0.3, -0.25) is 4.79 Å². The predicted octanol–water partition coefficient (Wildman–Crippen LogP) is 2.97. The summed E-state index contributed by atoms with van der Waals surface area (Å²) in [5.41, 5.74) is 6.49. The average Bonchev–Trinajstić information content (AvgIpc) is 2.46. The van der Waals surface area contributed by atoms with E-state index in [1.54, 1.807) is 25.3 Å². The highest BCUT2D eigenvalue weighted by Gasteiger charge is 2.26. The molecular weight excluding hydrogens is 311 g/mol. The van der Waals surface area contributed by atoms with Crippen molar-refractivity contribution in [2.45, 2.75) is 25.8 Å². The quantitative estimate of drug-likeness (QED) is 0.925. The molecule has 0 aliphatic carbocycles. The van der Waals surface area contributed by atoms with Crippen LogP contribution in [0.5, 0.6) is 5.75 Å². The summed E-state index contributed by atoms with van der Waals surface area (Å²) < 4.78 is 5.25. The highest BCUT2D eigenvalue weighted by molar-refractivity contribution is 6.30. The van der Waals surface area contributed by atoms with Crippen LogP contribution in [0, 0.1) is 5.92 Å². The fourth-order valence-corrected chi connectivity index (χ4v) is 2.80. The maximum absolute atomic E-state index is 12.5. The number of likely N-dealkylation sites (tertiary alicyclic amines) is 1. The zero-order valence-electron chi connectivity index (χ0n) is 12.3. The normalized spacial score (nSPS) is 17.0. The largest absolute Gasteiger partial charge is 0.496 e. The Balaban J connectivity index is 0.00000220. The lowest BCUT2D eigenvalue weighted by Crippen LogP contribution is -2.42. The number of halogens is 2. The second-order valence-electron chi connectivity index (χ2n) is 5.33. The van der Waals surface area contributed by atoms with E-state index in [0.29, 0.717) is 22.3 Å². The van der Waals surface area contributed by atoms with Gasteiger partial charge in [-0.2, -0.15) is 0 Å². The van der Waals surface area contributed by atoms with Crippen molar-refractivity contribution in [3.63, 3.8) is 0 Å². The van der Waals surface area contributed by atoms with E-state index in [-0.39, 0.29) is 24.4 Å². The van der Waals surface area contributed by atoms with Crippen molar-refractivity contribution in [3.05, 3.63) is 28.8 Å². The van der Waals surface area contributed by atoms with Crippen LogP contribution in [0.25, 0.3) is 0 Å². The van der Waals surface area contributed by atoms with Gasteiger partial charge in [0.2, 0.25) is 0 Å². The van der Waals surface area contributed by atoms with Gasteiger partial charge in [0, 0.05) is 24.2 Å². The Morgan fingerprint density at radius 2 is 2.05 bits per heavy atom. The van der Waals surface area contributed by atoms with Crippen LogP contribution in [0.15, 0.2) is 18.2 Å². The molecular formula is C15H22Cl2N2O2. The fraction of sp³-hybridized carbons (Fsp3) is 0.533. The minimum atomic E-state index is 0. The summed E-state index contributed by atoms with van der Waals surface area (Å²) in [6.45, 7) is 3.53. The van der Waals surface area contributed by atoms with E-state index in [4.69, 9.17) is 22.1 Å². The number of rotatable bonds is 3. The van der Waals surface area contributed by atoms with Gasteiger partial charge in [-0.15, -0.1) is 12.4 Å². The maximum atomic E-state index is 12.5. The topological polar surface area (TPSA) is 55.6 Å². The van der Waals surface area contributed by atoms with Crippen molar-refractivity contribution in [1.82, 2.24) is 4.90 Å². The van der Waals surface area contributed by atoms with Crippen LogP contribution in [-0.4, -0.2) is 37.0 Å². The molecule has 0 aromatic heterocycles. The van der Waals surface area contributed by atoms with Crippen LogP contribution in [-0.2, 0) is 0 Å². The number of piperidine rings is 1. The van der Waals surface area contributed by atoms with Crippen LogP contribution in [0.3, 0.4) is 0 Å². The first-order chi connectivity index (χ1) is 9.52. The van der Waals surface area contributed by atoms with Gasteiger partial charge in [0.25, 0.3) is 5.91 Å². The number of hydrogen-bond donors (Lipinski definition) is 1. The fourth-order valence-electron chi connectivity index (χ4n) is 2.64. The van der Waals surface area contributed by atoms with E-state index < -0.39 is 0 Å². The van der Waals surface area contributed by atoms with Crippen LogP contribution < -0.4 is 10.5 Å². The molecule has 21 heavy (non-hydrogen) atoms. The third kappa shape index (κ3) is 4.25. The number of carbonyl (C=O) groups excluding carboxylic acids is 1. The molecule has 2 N–H and O–H groups in total. The van der Waals surface area contributed by atoms with Gasteiger partial charge < -0.3 is 15.4 Å². The molecule has 1 amide bonds. The number of ether oxygens (including phenoxy) is 1. The molecule has 1 saturated heterocycles. The van der Waals surface area contributed by atoms with Crippen molar-refractivity contribution in [2.24, 2.45) is 11.7 Å². The predicted molar refractivity (Wildman–Crippen MR) is 87.5 cm³/mol.